The van der Waals surface area contributed by atoms with Crippen LogP contribution in [0.15, 0.2) is 24.4 Å². The molecule has 0 aliphatic rings. The number of H-pyrrole nitrogens is 1. The highest BCUT2D eigenvalue weighted by molar-refractivity contribution is 6.31. The molecule has 0 aliphatic carbocycles. The number of aromatic amines is 1. The van der Waals surface area contributed by atoms with Crippen LogP contribution in [0.4, 0.5) is 13.2 Å². The first-order valence-electron chi connectivity index (χ1n) is 4.41. The molecule has 1 heterocycles. The monoisotopic (exact) mass is 249 g/mol. The van der Waals surface area contributed by atoms with Crippen molar-refractivity contribution in [2.75, 3.05) is 0 Å². The van der Waals surface area contributed by atoms with Crippen molar-refractivity contribution in [3.8, 4) is 0 Å². The number of aliphatic hydroxyl groups is 1. The van der Waals surface area contributed by atoms with Gasteiger partial charge in [0.1, 0.15) is 0 Å². The molecule has 0 amide bonds. The standard InChI is InChI=1S/C10H7ClF3NO/c11-5-1-2-6-7(4-15-8(6)3-5)9(16)10(12,13)14/h1-4,9,15-16H/t9-/m0/s1. The number of alkyl halides is 3. The Morgan fingerprint density at radius 1 is 1.31 bits per heavy atom. The van der Waals surface area contributed by atoms with E-state index in [9.17, 15) is 13.2 Å². The molecule has 2 nitrogen and oxygen atoms in total. The SMILES string of the molecule is O[C@@H](c1c[nH]c2cc(Cl)ccc12)C(F)(F)F. The maximum Gasteiger partial charge on any atom is 0.418 e. The Hall–Kier alpha value is -1.20. The normalized spacial score (nSPS) is 14.3. The number of aromatic nitrogens is 1. The van der Waals surface area contributed by atoms with Gasteiger partial charge in [0.15, 0.2) is 6.10 Å². The van der Waals surface area contributed by atoms with Gasteiger partial charge in [-0.15, -0.1) is 0 Å². The third-order valence-corrected chi connectivity index (χ3v) is 2.52. The Balaban J connectivity index is 2.54. The molecule has 2 aromatic rings. The zero-order valence-electron chi connectivity index (χ0n) is 7.85. The van der Waals surface area contributed by atoms with Gasteiger partial charge in [-0.1, -0.05) is 17.7 Å². The summed E-state index contributed by atoms with van der Waals surface area (Å²) in [4.78, 5) is 2.64. The fourth-order valence-corrected chi connectivity index (χ4v) is 1.70. The van der Waals surface area contributed by atoms with Crippen LogP contribution >= 0.6 is 11.6 Å². The number of aliphatic hydroxyl groups excluding tert-OH is 1. The predicted molar refractivity (Wildman–Crippen MR) is 54.3 cm³/mol. The lowest BCUT2D eigenvalue weighted by molar-refractivity contribution is -0.206. The summed E-state index contributed by atoms with van der Waals surface area (Å²) >= 11 is 5.69. The molecular weight excluding hydrogens is 243 g/mol. The van der Waals surface area contributed by atoms with Crippen LogP contribution in [-0.2, 0) is 0 Å². The molecule has 0 aliphatic heterocycles. The van der Waals surface area contributed by atoms with Crippen LogP contribution in [0.5, 0.6) is 0 Å². The highest BCUT2D eigenvalue weighted by atomic mass is 35.5. The second-order valence-corrected chi connectivity index (χ2v) is 3.81. The molecule has 1 atom stereocenters. The van der Waals surface area contributed by atoms with Crippen molar-refractivity contribution < 1.29 is 18.3 Å². The molecule has 0 saturated heterocycles. The minimum absolute atomic E-state index is 0.195. The summed E-state index contributed by atoms with van der Waals surface area (Å²) in [5.74, 6) is 0. The fraction of sp³-hybridized carbons (Fsp3) is 0.200. The van der Waals surface area contributed by atoms with E-state index >= 15 is 0 Å². The molecular formula is C10H7ClF3NO. The molecule has 0 fully saturated rings. The van der Waals surface area contributed by atoms with Gasteiger partial charge in [-0.3, -0.25) is 0 Å². The second-order valence-electron chi connectivity index (χ2n) is 3.38. The number of rotatable bonds is 1. The lowest BCUT2D eigenvalue weighted by Gasteiger charge is -2.13. The van der Waals surface area contributed by atoms with E-state index in [0.29, 0.717) is 15.9 Å². The van der Waals surface area contributed by atoms with Crippen molar-refractivity contribution in [3.05, 3.63) is 35.0 Å². The number of benzene rings is 1. The Labute approximate surface area is 93.6 Å². The molecule has 6 heteroatoms. The zero-order chi connectivity index (χ0) is 11.9. The smallest absolute Gasteiger partial charge is 0.379 e. The van der Waals surface area contributed by atoms with Gasteiger partial charge < -0.3 is 10.1 Å². The lowest BCUT2D eigenvalue weighted by atomic mass is 10.1. The maximum absolute atomic E-state index is 12.3. The minimum atomic E-state index is -4.67. The van der Waals surface area contributed by atoms with Crippen LogP contribution in [0.1, 0.15) is 11.7 Å². The van der Waals surface area contributed by atoms with E-state index in [-0.39, 0.29) is 5.56 Å². The van der Waals surface area contributed by atoms with Gasteiger partial charge >= 0.3 is 6.18 Å². The first-order chi connectivity index (χ1) is 7.39. The molecule has 2 N–H and O–H groups in total. The van der Waals surface area contributed by atoms with E-state index in [1.165, 1.54) is 18.2 Å². The largest absolute Gasteiger partial charge is 0.418 e. The minimum Gasteiger partial charge on any atom is -0.379 e. The van der Waals surface area contributed by atoms with Gasteiger partial charge in [0, 0.05) is 27.7 Å². The summed E-state index contributed by atoms with van der Waals surface area (Å²) in [5, 5.41) is 9.87. The van der Waals surface area contributed by atoms with Crippen molar-refractivity contribution in [1.29, 1.82) is 0 Å². The highest BCUT2D eigenvalue weighted by Gasteiger charge is 2.40. The van der Waals surface area contributed by atoms with Crippen LogP contribution in [0.25, 0.3) is 10.9 Å². The van der Waals surface area contributed by atoms with Gasteiger partial charge in [-0.25, -0.2) is 0 Å². The van der Waals surface area contributed by atoms with Crippen LogP contribution in [-0.4, -0.2) is 16.3 Å². The average molecular weight is 250 g/mol. The van der Waals surface area contributed by atoms with Gasteiger partial charge in [0.25, 0.3) is 0 Å². The molecule has 0 unspecified atom stereocenters. The summed E-state index contributed by atoms with van der Waals surface area (Å²) in [6.07, 6.45) is -6.02. The van der Waals surface area contributed by atoms with Crippen molar-refractivity contribution in [2.45, 2.75) is 12.3 Å². The molecule has 0 saturated carbocycles. The quantitative estimate of drug-likeness (QED) is 0.798. The fourth-order valence-electron chi connectivity index (χ4n) is 1.52. The summed E-state index contributed by atoms with van der Waals surface area (Å²) < 4.78 is 37.0. The number of nitrogens with one attached hydrogen (secondary N) is 1. The van der Waals surface area contributed by atoms with Crippen LogP contribution in [0.2, 0.25) is 5.02 Å². The molecule has 16 heavy (non-hydrogen) atoms. The van der Waals surface area contributed by atoms with Gasteiger partial charge in [0.2, 0.25) is 0 Å². The second kappa shape index (κ2) is 3.68. The summed E-state index contributed by atoms with van der Waals surface area (Å²) in [5.41, 5.74) is 0.268. The Kier molecular flexibility index (Phi) is 2.59. The molecule has 2 rings (SSSR count). The number of hydrogen-bond donors (Lipinski definition) is 2. The molecule has 86 valence electrons. The van der Waals surface area contributed by atoms with Crippen LogP contribution in [0.3, 0.4) is 0 Å². The van der Waals surface area contributed by atoms with Crippen molar-refractivity contribution in [2.24, 2.45) is 0 Å². The molecule has 0 radical (unpaired) electrons. The number of halogens is 4. The van der Waals surface area contributed by atoms with Crippen LogP contribution in [0, 0.1) is 0 Å². The van der Waals surface area contributed by atoms with E-state index in [1.54, 1.807) is 0 Å². The molecule has 1 aromatic carbocycles. The van der Waals surface area contributed by atoms with Gasteiger partial charge in [-0.05, 0) is 12.1 Å². The summed E-state index contributed by atoms with van der Waals surface area (Å²) in [6, 6.07) is 4.42. The van der Waals surface area contributed by atoms with Crippen molar-refractivity contribution >= 4 is 22.5 Å². The third-order valence-electron chi connectivity index (χ3n) is 2.28. The van der Waals surface area contributed by atoms with E-state index in [1.807, 2.05) is 0 Å². The summed E-state index contributed by atoms with van der Waals surface area (Å²) in [7, 11) is 0. The highest BCUT2D eigenvalue weighted by Crippen LogP contribution is 2.36. The average Bonchev–Trinajstić information content (AvgIpc) is 2.57. The third kappa shape index (κ3) is 1.88. The molecule has 0 spiro atoms. The first-order valence-corrected chi connectivity index (χ1v) is 4.78. The number of hydrogen-bond acceptors (Lipinski definition) is 1. The predicted octanol–water partition coefficient (Wildman–Crippen LogP) is 3.42. The maximum atomic E-state index is 12.3. The molecule has 1 aromatic heterocycles. The van der Waals surface area contributed by atoms with E-state index < -0.39 is 12.3 Å². The van der Waals surface area contributed by atoms with E-state index in [4.69, 9.17) is 16.7 Å². The Bertz CT molecular complexity index is 520. The topological polar surface area (TPSA) is 36.0 Å². The number of fused-ring (bicyclic) bond motifs is 1. The van der Waals surface area contributed by atoms with Gasteiger partial charge in [-0.2, -0.15) is 13.2 Å². The van der Waals surface area contributed by atoms with Crippen LogP contribution < -0.4 is 0 Å². The zero-order valence-corrected chi connectivity index (χ0v) is 8.60. The summed E-state index contributed by atoms with van der Waals surface area (Å²) in [6.45, 7) is 0. The Morgan fingerprint density at radius 2 is 2.00 bits per heavy atom. The van der Waals surface area contributed by atoms with Gasteiger partial charge in [0.05, 0.1) is 0 Å². The Morgan fingerprint density at radius 3 is 2.62 bits per heavy atom. The van der Waals surface area contributed by atoms with E-state index in [0.717, 1.165) is 6.20 Å². The van der Waals surface area contributed by atoms with Crippen molar-refractivity contribution in [1.82, 2.24) is 4.98 Å². The lowest BCUT2D eigenvalue weighted by Crippen LogP contribution is -2.19. The van der Waals surface area contributed by atoms with Crippen molar-refractivity contribution in [3.63, 3.8) is 0 Å². The first kappa shape index (κ1) is 11.3. The molecule has 0 bridgehead atoms. The van der Waals surface area contributed by atoms with E-state index in [2.05, 4.69) is 4.98 Å².